The van der Waals surface area contributed by atoms with Crippen LogP contribution < -0.4 is 10.6 Å². The second-order valence-electron chi connectivity index (χ2n) is 6.31. The summed E-state index contributed by atoms with van der Waals surface area (Å²) in [4.78, 5) is 23.9. The van der Waals surface area contributed by atoms with Crippen molar-refractivity contribution in [3.05, 3.63) is 71.3 Å². The number of carbonyl (C=O) groups excluding carboxylic acids is 2. The number of carbonyl (C=O) groups is 2. The molecule has 3 rings (SSSR count). The van der Waals surface area contributed by atoms with E-state index in [1.807, 2.05) is 24.3 Å². The lowest BCUT2D eigenvalue weighted by molar-refractivity contribution is -0.116. The number of aromatic nitrogens is 1. The third kappa shape index (κ3) is 5.25. The predicted molar refractivity (Wildman–Crippen MR) is 103 cm³/mol. The number of amides is 2. The average molecular weight is 399 g/mol. The zero-order valence-electron chi connectivity index (χ0n) is 15.7. The van der Waals surface area contributed by atoms with Crippen molar-refractivity contribution in [1.29, 1.82) is 0 Å². The molecular formula is C21H19F2N3O3. The maximum absolute atomic E-state index is 13.6. The Morgan fingerprint density at radius 1 is 1.07 bits per heavy atom. The topological polar surface area (TPSA) is 84.2 Å². The molecule has 0 spiro atoms. The third-order valence-corrected chi connectivity index (χ3v) is 4.24. The summed E-state index contributed by atoms with van der Waals surface area (Å²) in [6, 6.07) is 12.1. The number of hydrogen-bond acceptors (Lipinski definition) is 4. The molecule has 0 saturated heterocycles. The quantitative estimate of drug-likeness (QED) is 0.630. The van der Waals surface area contributed by atoms with Gasteiger partial charge >= 0.3 is 0 Å². The molecule has 0 saturated carbocycles. The highest BCUT2D eigenvalue weighted by Crippen LogP contribution is 2.22. The molecule has 0 aliphatic carbocycles. The Labute approximate surface area is 165 Å². The van der Waals surface area contributed by atoms with Crippen molar-refractivity contribution in [3.63, 3.8) is 0 Å². The number of nitrogens with zero attached hydrogens (tertiary/aromatic N) is 1. The molecule has 150 valence electrons. The lowest BCUT2D eigenvalue weighted by atomic mass is 10.1. The molecular weight excluding hydrogens is 380 g/mol. The summed E-state index contributed by atoms with van der Waals surface area (Å²) >= 11 is 0. The summed E-state index contributed by atoms with van der Waals surface area (Å²) in [5.74, 6) is -2.69. The minimum atomic E-state index is -0.965. The van der Waals surface area contributed by atoms with Crippen LogP contribution in [0.2, 0.25) is 0 Å². The van der Waals surface area contributed by atoms with Crippen LogP contribution in [0.5, 0.6) is 0 Å². The second kappa shape index (κ2) is 9.09. The van der Waals surface area contributed by atoms with Crippen molar-refractivity contribution in [1.82, 2.24) is 10.5 Å². The summed E-state index contributed by atoms with van der Waals surface area (Å²) in [6.07, 6.45) is 0.876. The molecule has 29 heavy (non-hydrogen) atoms. The number of anilines is 1. The minimum Gasteiger partial charge on any atom is -0.351 e. The zero-order valence-corrected chi connectivity index (χ0v) is 15.7. The van der Waals surface area contributed by atoms with Crippen molar-refractivity contribution < 1.29 is 22.9 Å². The smallest absolute Gasteiger partial charge is 0.254 e. The molecule has 3 aromatic rings. The molecule has 1 heterocycles. The van der Waals surface area contributed by atoms with Gasteiger partial charge in [0.05, 0.1) is 5.56 Å². The molecule has 0 bridgehead atoms. The van der Waals surface area contributed by atoms with Crippen LogP contribution in [0.25, 0.3) is 11.3 Å². The van der Waals surface area contributed by atoms with Crippen LogP contribution in [-0.2, 0) is 11.2 Å². The van der Waals surface area contributed by atoms with E-state index in [0.717, 1.165) is 24.1 Å². The number of hydrogen-bond donors (Lipinski definition) is 2. The lowest BCUT2D eigenvalue weighted by Crippen LogP contribution is -2.28. The molecule has 0 unspecified atom stereocenters. The van der Waals surface area contributed by atoms with Crippen molar-refractivity contribution in [3.8, 4) is 11.3 Å². The van der Waals surface area contributed by atoms with Crippen LogP contribution in [-0.4, -0.2) is 23.5 Å². The van der Waals surface area contributed by atoms with Crippen molar-refractivity contribution in [2.45, 2.75) is 19.8 Å². The van der Waals surface area contributed by atoms with Crippen LogP contribution >= 0.6 is 0 Å². The largest absolute Gasteiger partial charge is 0.351 e. The number of halogens is 2. The summed E-state index contributed by atoms with van der Waals surface area (Å²) in [7, 11) is 0. The van der Waals surface area contributed by atoms with Gasteiger partial charge in [-0.05, 0) is 24.1 Å². The van der Waals surface area contributed by atoms with Crippen LogP contribution in [0.1, 0.15) is 29.3 Å². The average Bonchev–Trinajstić information content (AvgIpc) is 3.16. The van der Waals surface area contributed by atoms with Gasteiger partial charge in [-0.3, -0.25) is 14.9 Å². The fourth-order valence-corrected chi connectivity index (χ4v) is 2.64. The maximum atomic E-state index is 13.6. The first-order valence-electron chi connectivity index (χ1n) is 9.05. The molecule has 0 atom stereocenters. The number of aryl methyl sites for hydroxylation is 1. The Hall–Kier alpha value is -3.55. The highest BCUT2D eigenvalue weighted by molar-refractivity contribution is 5.95. The van der Waals surface area contributed by atoms with Gasteiger partial charge in [0.25, 0.3) is 5.91 Å². The first-order chi connectivity index (χ1) is 14.0. The van der Waals surface area contributed by atoms with E-state index in [2.05, 4.69) is 22.7 Å². The van der Waals surface area contributed by atoms with E-state index in [0.29, 0.717) is 11.8 Å². The number of rotatable bonds is 7. The molecule has 0 fully saturated rings. The highest BCUT2D eigenvalue weighted by atomic mass is 19.1. The molecule has 0 radical (unpaired) electrons. The van der Waals surface area contributed by atoms with E-state index < -0.39 is 23.4 Å². The Kier molecular flexibility index (Phi) is 6.33. The summed E-state index contributed by atoms with van der Waals surface area (Å²) in [5.41, 5.74) is 2.36. The van der Waals surface area contributed by atoms with Crippen LogP contribution in [0, 0.1) is 11.6 Å². The first kappa shape index (κ1) is 20.2. The van der Waals surface area contributed by atoms with Gasteiger partial charge in [0.1, 0.15) is 17.3 Å². The highest BCUT2D eigenvalue weighted by Gasteiger charge is 2.14. The molecule has 6 nitrogen and oxygen atoms in total. The minimum absolute atomic E-state index is 0.0268. The molecule has 2 amide bonds. The Bertz CT molecular complexity index is 1020. The molecule has 0 aliphatic heterocycles. The Morgan fingerprint density at radius 2 is 1.83 bits per heavy atom. The van der Waals surface area contributed by atoms with Gasteiger partial charge in [0.2, 0.25) is 11.8 Å². The Morgan fingerprint density at radius 3 is 2.52 bits per heavy atom. The van der Waals surface area contributed by atoms with Gasteiger partial charge in [0.15, 0.2) is 0 Å². The van der Waals surface area contributed by atoms with Crippen LogP contribution in [0.3, 0.4) is 0 Å². The third-order valence-electron chi connectivity index (χ3n) is 4.24. The molecule has 0 aliphatic rings. The fraction of sp³-hybridized carbons (Fsp3) is 0.190. The molecule has 1 aromatic heterocycles. The Balaban J connectivity index is 1.49. The van der Waals surface area contributed by atoms with E-state index in [1.54, 1.807) is 6.07 Å². The second-order valence-corrected chi connectivity index (χ2v) is 6.31. The summed E-state index contributed by atoms with van der Waals surface area (Å²) in [5, 5.41) is 8.88. The van der Waals surface area contributed by atoms with E-state index in [4.69, 9.17) is 4.52 Å². The van der Waals surface area contributed by atoms with Crippen molar-refractivity contribution >= 4 is 17.7 Å². The van der Waals surface area contributed by atoms with E-state index >= 15 is 0 Å². The summed E-state index contributed by atoms with van der Waals surface area (Å²) < 4.78 is 31.6. The standard InChI is InChI=1S/C21H19F2N3O3/c1-2-13-3-5-14(6-4-13)18-12-20(29-26-18)25-19(27)9-10-24-21(28)16-8-7-15(22)11-17(16)23/h3-8,11-12H,2,9-10H2,1H3,(H,24,28)(H,25,27). The van der Waals surface area contributed by atoms with Crippen molar-refractivity contribution in [2.75, 3.05) is 11.9 Å². The zero-order chi connectivity index (χ0) is 20.8. The number of nitrogens with one attached hydrogen (secondary N) is 2. The SMILES string of the molecule is CCc1ccc(-c2cc(NC(=O)CCNC(=O)c3ccc(F)cc3F)on2)cc1. The number of benzene rings is 2. The van der Waals surface area contributed by atoms with Gasteiger partial charge in [0, 0.05) is 30.7 Å². The van der Waals surface area contributed by atoms with E-state index in [9.17, 15) is 18.4 Å². The van der Waals surface area contributed by atoms with Gasteiger partial charge in [-0.1, -0.05) is 36.3 Å². The van der Waals surface area contributed by atoms with Crippen molar-refractivity contribution in [2.24, 2.45) is 0 Å². The summed E-state index contributed by atoms with van der Waals surface area (Å²) in [6.45, 7) is 2.04. The van der Waals surface area contributed by atoms with Gasteiger partial charge in [-0.15, -0.1) is 0 Å². The van der Waals surface area contributed by atoms with Gasteiger partial charge in [-0.25, -0.2) is 8.78 Å². The molecule has 2 N–H and O–H groups in total. The van der Waals surface area contributed by atoms with E-state index in [1.165, 1.54) is 5.56 Å². The lowest BCUT2D eigenvalue weighted by Gasteiger charge is -2.06. The molecule has 2 aromatic carbocycles. The fourth-order valence-electron chi connectivity index (χ4n) is 2.64. The molecule has 8 heteroatoms. The first-order valence-corrected chi connectivity index (χ1v) is 9.05. The van der Waals surface area contributed by atoms with E-state index in [-0.39, 0.29) is 24.4 Å². The van der Waals surface area contributed by atoms with Gasteiger partial charge in [-0.2, -0.15) is 0 Å². The van der Waals surface area contributed by atoms with Crippen LogP contribution in [0.4, 0.5) is 14.7 Å². The van der Waals surface area contributed by atoms with Gasteiger partial charge < -0.3 is 9.84 Å². The normalized spacial score (nSPS) is 10.6. The monoisotopic (exact) mass is 399 g/mol. The maximum Gasteiger partial charge on any atom is 0.254 e. The van der Waals surface area contributed by atoms with Crippen LogP contribution in [0.15, 0.2) is 53.1 Å². The predicted octanol–water partition coefficient (Wildman–Crippen LogP) is 3.94.